The van der Waals surface area contributed by atoms with Crippen molar-refractivity contribution in [1.29, 1.82) is 0 Å². The van der Waals surface area contributed by atoms with E-state index < -0.39 is 0 Å². The smallest absolute Gasteiger partial charge is 0.221 e. The molecule has 2 aliphatic rings. The second-order valence-electron chi connectivity index (χ2n) is 8.56. The standard InChI is InChI=1S/C24H23N5O2/c25-23(30)17(15-2-3-15)10-14-11-20-22-21(12-14)31-9-1-8-29(22)24(28-20)16-4-5-18-19(13-16)27-7-6-26-18/h4-7,11-13,15,17H,1-3,8-10H2,(H2,25,30)/t17-/m0/s1. The molecule has 0 radical (unpaired) electrons. The Kier molecular flexibility index (Phi) is 4.16. The fourth-order valence-corrected chi connectivity index (χ4v) is 4.71. The molecule has 1 amide bonds. The van der Waals surface area contributed by atoms with Crippen LogP contribution < -0.4 is 10.5 Å². The van der Waals surface area contributed by atoms with Crippen molar-refractivity contribution in [3.63, 3.8) is 0 Å². The van der Waals surface area contributed by atoms with E-state index in [1.807, 2.05) is 18.2 Å². The predicted octanol–water partition coefficient (Wildman–Crippen LogP) is 3.48. The van der Waals surface area contributed by atoms with Gasteiger partial charge in [-0.1, -0.05) is 0 Å². The van der Waals surface area contributed by atoms with E-state index in [2.05, 4.69) is 26.7 Å². The van der Waals surface area contributed by atoms with E-state index in [0.717, 1.165) is 70.6 Å². The highest BCUT2D eigenvalue weighted by Crippen LogP contribution is 2.40. The predicted molar refractivity (Wildman–Crippen MR) is 117 cm³/mol. The van der Waals surface area contributed by atoms with E-state index in [1.54, 1.807) is 12.4 Å². The summed E-state index contributed by atoms with van der Waals surface area (Å²) in [5.74, 6) is 1.83. The average molecular weight is 413 g/mol. The molecule has 0 saturated heterocycles. The number of imidazole rings is 1. The first-order chi connectivity index (χ1) is 15.2. The Labute approximate surface area is 179 Å². The Morgan fingerprint density at radius 1 is 1.13 bits per heavy atom. The number of amides is 1. The number of carbonyl (C=O) groups excluding carboxylic acids is 1. The molecule has 4 aromatic rings. The van der Waals surface area contributed by atoms with Crippen LogP contribution in [0.2, 0.25) is 0 Å². The Morgan fingerprint density at radius 3 is 2.77 bits per heavy atom. The van der Waals surface area contributed by atoms with E-state index in [1.165, 1.54) is 0 Å². The molecule has 0 spiro atoms. The summed E-state index contributed by atoms with van der Waals surface area (Å²) in [6.07, 6.45) is 7.12. The molecule has 2 aromatic heterocycles. The van der Waals surface area contributed by atoms with Gasteiger partial charge in [0.2, 0.25) is 5.91 Å². The lowest BCUT2D eigenvalue weighted by molar-refractivity contribution is -0.122. The number of rotatable bonds is 5. The van der Waals surface area contributed by atoms with Gasteiger partial charge < -0.3 is 15.0 Å². The van der Waals surface area contributed by atoms with Crippen LogP contribution in [-0.2, 0) is 17.8 Å². The molecule has 1 saturated carbocycles. The number of hydrogen-bond acceptors (Lipinski definition) is 5. The Hall–Kier alpha value is -3.48. The van der Waals surface area contributed by atoms with Crippen molar-refractivity contribution in [2.45, 2.75) is 32.2 Å². The van der Waals surface area contributed by atoms with Gasteiger partial charge in [0.05, 0.1) is 23.2 Å². The molecule has 1 aliphatic heterocycles. The maximum Gasteiger partial charge on any atom is 0.221 e. The fourth-order valence-electron chi connectivity index (χ4n) is 4.71. The van der Waals surface area contributed by atoms with Gasteiger partial charge in [-0.15, -0.1) is 0 Å². The molecule has 3 heterocycles. The number of fused-ring (bicyclic) bond motifs is 1. The Bertz CT molecular complexity index is 1320. The number of nitrogens with zero attached hydrogens (tertiary/aromatic N) is 4. The lowest BCUT2D eigenvalue weighted by Crippen LogP contribution is -2.26. The molecular weight excluding hydrogens is 390 g/mol. The van der Waals surface area contributed by atoms with Gasteiger partial charge in [-0.3, -0.25) is 14.8 Å². The third kappa shape index (κ3) is 3.21. The van der Waals surface area contributed by atoms with Crippen LogP contribution >= 0.6 is 0 Å². The maximum absolute atomic E-state index is 12.0. The van der Waals surface area contributed by atoms with Crippen LogP contribution in [0.1, 0.15) is 24.8 Å². The molecule has 7 nitrogen and oxygen atoms in total. The third-order valence-corrected chi connectivity index (χ3v) is 6.39. The molecule has 6 rings (SSSR count). The maximum atomic E-state index is 12.0. The molecule has 1 aliphatic carbocycles. The minimum Gasteiger partial charge on any atom is -0.491 e. The summed E-state index contributed by atoms with van der Waals surface area (Å²) in [7, 11) is 0. The number of primary amides is 1. The van der Waals surface area contributed by atoms with Crippen molar-refractivity contribution in [3.05, 3.63) is 48.3 Å². The van der Waals surface area contributed by atoms with Crippen molar-refractivity contribution >= 4 is 28.0 Å². The van der Waals surface area contributed by atoms with Crippen LogP contribution in [0, 0.1) is 11.8 Å². The fraction of sp³-hybridized carbons (Fsp3) is 0.333. The van der Waals surface area contributed by atoms with Crippen molar-refractivity contribution in [2.24, 2.45) is 17.6 Å². The Morgan fingerprint density at radius 2 is 1.97 bits per heavy atom. The zero-order valence-corrected chi connectivity index (χ0v) is 17.1. The van der Waals surface area contributed by atoms with E-state index in [4.69, 9.17) is 15.5 Å². The van der Waals surface area contributed by atoms with Gasteiger partial charge >= 0.3 is 0 Å². The molecule has 156 valence electrons. The van der Waals surface area contributed by atoms with E-state index in [-0.39, 0.29) is 11.8 Å². The van der Waals surface area contributed by atoms with Crippen LogP contribution in [0.5, 0.6) is 5.75 Å². The molecule has 2 N–H and O–H groups in total. The van der Waals surface area contributed by atoms with E-state index >= 15 is 0 Å². The van der Waals surface area contributed by atoms with Crippen LogP contribution in [0.4, 0.5) is 0 Å². The monoisotopic (exact) mass is 413 g/mol. The van der Waals surface area contributed by atoms with Crippen LogP contribution in [0.15, 0.2) is 42.7 Å². The van der Waals surface area contributed by atoms with Crippen molar-refractivity contribution in [2.75, 3.05) is 6.61 Å². The molecule has 0 bridgehead atoms. The average Bonchev–Trinajstić information content (AvgIpc) is 3.57. The molecule has 31 heavy (non-hydrogen) atoms. The van der Waals surface area contributed by atoms with Crippen molar-refractivity contribution in [1.82, 2.24) is 19.5 Å². The number of aromatic nitrogens is 4. The lowest BCUT2D eigenvalue weighted by atomic mass is 9.94. The van der Waals surface area contributed by atoms with Gasteiger partial charge in [-0.05, 0) is 67.5 Å². The minimum atomic E-state index is -0.210. The molecule has 7 heteroatoms. The van der Waals surface area contributed by atoms with Crippen molar-refractivity contribution < 1.29 is 9.53 Å². The largest absolute Gasteiger partial charge is 0.491 e. The number of aryl methyl sites for hydroxylation is 1. The first-order valence-electron chi connectivity index (χ1n) is 10.8. The van der Waals surface area contributed by atoms with Crippen LogP contribution in [0.25, 0.3) is 33.5 Å². The van der Waals surface area contributed by atoms with Gasteiger partial charge in [-0.2, -0.15) is 0 Å². The summed E-state index contributed by atoms with van der Waals surface area (Å²) in [6, 6.07) is 10.2. The zero-order valence-electron chi connectivity index (χ0n) is 17.1. The first-order valence-corrected chi connectivity index (χ1v) is 10.8. The van der Waals surface area contributed by atoms with E-state index in [9.17, 15) is 4.79 Å². The van der Waals surface area contributed by atoms with Gasteiger partial charge in [0.15, 0.2) is 0 Å². The molecule has 2 aromatic carbocycles. The van der Waals surface area contributed by atoms with Crippen molar-refractivity contribution in [3.8, 4) is 17.1 Å². The summed E-state index contributed by atoms with van der Waals surface area (Å²) in [6.45, 7) is 1.49. The first kappa shape index (κ1) is 18.3. The number of carbonyl (C=O) groups is 1. The summed E-state index contributed by atoms with van der Waals surface area (Å²) in [5.41, 5.74) is 11.4. The van der Waals surface area contributed by atoms with Gasteiger partial charge in [-0.25, -0.2) is 4.98 Å². The minimum absolute atomic E-state index is 0.115. The summed E-state index contributed by atoms with van der Waals surface area (Å²) >= 11 is 0. The molecule has 1 atom stereocenters. The van der Waals surface area contributed by atoms with Crippen LogP contribution in [-0.4, -0.2) is 32.0 Å². The SMILES string of the molecule is NC(=O)[C@@H](Cc1cc2c3c(c1)nc(-c1ccc4nccnc4c1)n3CCCO2)C1CC1. The second kappa shape index (κ2) is 7.04. The summed E-state index contributed by atoms with van der Waals surface area (Å²) in [4.78, 5) is 25.8. The summed E-state index contributed by atoms with van der Waals surface area (Å²) in [5, 5.41) is 0. The van der Waals surface area contributed by atoms with Crippen LogP contribution in [0.3, 0.4) is 0 Å². The third-order valence-electron chi connectivity index (χ3n) is 6.39. The number of hydrogen-bond donors (Lipinski definition) is 1. The topological polar surface area (TPSA) is 95.9 Å². The highest BCUT2D eigenvalue weighted by molar-refractivity contribution is 5.89. The number of benzene rings is 2. The zero-order chi connectivity index (χ0) is 20.9. The highest BCUT2D eigenvalue weighted by Gasteiger charge is 2.35. The Balaban J connectivity index is 1.48. The highest BCUT2D eigenvalue weighted by atomic mass is 16.5. The quantitative estimate of drug-likeness (QED) is 0.540. The normalized spacial score (nSPS) is 16.8. The lowest BCUT2D eigenvalue weighted by Gasteiger charge is -2.13. The van der Waals surface area contributed by atoms with Gasteiger partial charge in [0.25, 0.3) is 0 Å². The summed E-state index contributed by atoms with van der Waals surface area (Å²) < 4.78 is 8.34. The molecule has 0 unspecified atom stereocenters. The van der Waals surface area contributed by atoms with Gasteiger partial charge in [0.1, 0.15) is 17.1 Å². The second-order valence-corrected chi connectivity index (χ2v) is 8.56. The van der Waals surface area contributed by atoms with E-state index in [0.29, 0.717) is 18.9 Å². The number of nitrogens with two attached hydrogens (primary N) is 1. The molecule has 1 fully saturated rings. The van der Waals surface area contributed by atoms with Gasteiger partial charge in [0, 0.05) is 30.4 Å². The molecular formula is C24H23N5O2. The number of ether oxygens (including phenoxy) is 1.